The Bertz CT molecular complexity index is 602. The van der Waals surface area contributed by atoms with Crippen LogP contribution in [0.2, 0.25) is 0 Å². The number of hydrogen-bond donors (Lipinski definition) is 0. The lowest BCUT2D eigenvalue weighted by molar-refractivity contribution is -0.385. The zero-order chi connectivity index (χ0) is 15.1. The van der Waals surface area contributed by atoms with Crippen LogP contribution in [0.3, 0.4) is 0 Å². The smallest absolute Gasteiger partial charge is 0.283 e. The summed E-state index contributed by atoms with van der Waals surface area (Å²) in [6, 6.07) is 15.3. The fraction of sp³-hybridized carbons (Fsp3) is 0.250. The first kappa shape index (κ1) is 15.7. The van der Waals surface area contributed by atoms with Gasteiger partial charge in [-0.25, -0.2) is 0 Å². The molecule has 0 amide bonds. The van der Waals surface area contributed by atoms with E-state index < -0.39 is 4.92 Å². The molecule has 2 aromatic rings. The van der Waals surface area contributed by atoms with Gasteiger partial charge in [-0.1, -0.05) is 36.4 Å². The lowest BCUT2D eigenvalue weighted by Gasteiger charge is -2.05. The zero-order valence-corrected chi connectivity index (χ0v) is 13.1. The van der Waals surface area contributed by atoms with Gasteiger partial charge >= 0.3 is 0 Å². The van der Waals surface area contributed by atoms with Crippen LogP contribution >= 0.6 is 15.9 Å². The van der Waals surface area contributed by atoms with Gasteiger partial charge in [0.2, 0.25) is 0 Å². The van der Waals surface area contributed by atoms with Gasteiger partial charge in [0, 0.05) is 12.7 Å². The van der Waals surface area contributed by atoms with E-state index in [2.05, 4.69) is 28.1 Å². The van der Waals surface area contributed by atoms with Crippen molar-refractivity contribution in [2.24, 2.45) is 0 Å². The summed E-state index contributed by atoms with van der Waals surface area (Å²) in [5.74, 6) is 0. The summed E-state index contributed by atoms with van der Waals surface area (Å²) in [6.07, 6.45) is 1.91. The summed E-state index contributed by atoms with van der Waals surface area (Å²) in [5.41, 5.74) is 2.17. The van der Waals surface area contributed by atoms with E-state index >= 15 is 0 Å². The van der Waals surface area contributed by atoms with Crippen LogP contribution in [0.25, 0.3) is 0 Å². The Balaban J connectivity index is 1.76. The van der Waals surface area contributed by atoms with Crippen molar-refractivity contribution in [1.82, 2.24) is 0 Å². The van der Waals surface area contributed by atoms with E-state index in [1.165, 1.54) is 5.56 Å². The number of ether oxygens (including phenoxy) is 1. The van der Waals surface area contributed by atoms with Crippen molar-refractivity contribution in [2.75, 3.05) is 6.61 Å². The lowest BCUT2D eigenvalue weighted by Crippen LogP contribution is -1.98. The molecule has 4 nitrogen and oxygen atoms in total. The normalized spacial score (nSPS) is 10.5. The van der Waals surface area contributed by atoms with Crippen LogP contribution in [-0.2, 0) is 17.8 Å². The van der Waals surface area contributed by atoms with Crippen molar-refractivity contribution in [3.05, 3.63) is 74.2 Å². The zero-order valence-electron chi connectivity index (χ0n) is 11.5. The van der Waals surface area contributed by atoms with Gasteiger partial charge in [-0.15, -0.1) is 0 Å². The molecule has 0 aromatic heterocycles. The Hall–Kier alpha value is -1.72. The number of hydrogen-bond acceptors (Lipinski definition) is 3. The fourth-order valence-corrected chi connectivity index (χ4v) is 2.39. The third-order valence-corrected chi connectivity index (χ3v) is 3.74. The van der Waals surface area contributed by atoms with Gasteiger partial charge in [0.25, 0.3) is 5.69 Å². The highest BCUT2D eigenvalue weighted by Gasteiger charge is 2.12. The first-order valence-corrected chi connectivity index (χ1v) is 7.50. The number of aryl methyl sites for hydroxylation is 1. The van der Waals surface area contributed by atoms with Gasteiger partial charge < -0.3 is 4.74 Å². The van der Waals surface area contributed by atoms with Gasteiger partial charge in [-0.05, 0) is 46.0 Å². The third-order valence-electron chi connectivity index (χ3n) is 3.07. The fourth-order valence-electron chi connectivity index (χ4n) is 2.00. The predicted molar refractivity (Wildman–Crippen MR) is 85.2 cm³/mol. The third kappa shape index (κ3) is 4.95. The molecule has 0 spiro atoms. The quantitative estimate of drug-likeness (QED) is 0.419. The molecule has 0 aliphatic carbocycles. The molecule has 0 fully saturated rings. The highest BCUT2D eigenvalue weighted by molar-refractivity contribution is 9.10. The summed E-state index contributed by atoms with van der Waals surface area (Å²) >= 11 is 3.17. The lowest BCUT2D eigenvalue weighted by atomic mass is 10.1. The van der Waals surface area contributed by atoms with Crippen molar-refractivity contribution in [3.8, 4) is 0 Å². The Kier molecular flexibility index (Phi) is 5.90. The summed E-state index contributed by atoms with van der Waals surface area (Å²) in [4.78, 5) is 10.4. The number of benzene rings is 2. The highest BCUT2D eigenvalue weighted by Crippen LogP contribution is 2.25. The summed E-state index contributed by atoms with van der Waals surface area (Å²) in [7, 11) is 0. The molecule has 0 saturated carbocycles. The van der Waals surface area contributed by atoms with Crippen molar-refractivity contribution >= 4 is 21.6 Å². The second-order valence-corrected chi connectivity index (χ2v) is 5.54. The van der Waals surface area contributed by atoms with E-state index in [4.69, 9.17) is 4.74 Å². The van der Waals surface area contributed by atoms with Crippen LogP contribution in [0.15, 0.2) is 53.0 Å². The minimum absolute atomic E-state index is 0.0698. The number of rotatable bonds is 7. The highest BCUT2D eigenvalue weighted by atomic mass is 79.9. The van der Waals surface area contributed by atoms with Gasteiger partial charge in [-0.3, -0.25) is 10.1 Å². The topological polar surface area (TPSA) is 52.4 Å². The average Bonchev–Trinajstić information content (AvgIpc) is 2.49. The van der Waals surface area contributed by atoms with E-state index in [-0.39, 0.29) is 5.69 Å². The summed E-state index contributed by atoms with van der Waals surface area (Å²) < 4.78 is 6.06. The predicted octanol–water partition coefficient (Wildman–Crippen LogP) is 4.51. The molecule has 21 heavy (non-hydrogen) atoms. The van der Waals surface area contributed by atoms with Crippen LogP contribution in [0, 0.1) is 10.1 Å². The number of nitro benzene ring substituents is 1. The van der Waals surface area contributed by atoms with Gasteiger partial charge in [0.1, 0.15) is 0 Å². The maximum absolute atomic E-state index is 10.8. The van der Waals surface area contributed by atoms with E-state index in [1.54, 1.807) is 12.1 Å². The molecule has 2 aromatic carbocycles. The molecule has 0 unspecified atom stereocenters. The molecule has 0 aliphatic rings. The largest absolute Gasteiger partial charge is 0.377 e. The van der Waals surface area contributed by atoms with Crippen LogP contribution < -0.4 is 0 Å². The maximum atomic E-state index is 10.8. The van der Waals surface area contributed by atoms with Crippen molar-refractivity contribution in [3.63, 3.8) is 0 Å². The Morgan fingerprint density at radius 1 is 1.10 bits per heavy atom. The van der Waals surface area contributed by atoms with Crippen molar-refractivity contribution < 1.29 is 9.66 Å². The molecular formula is C16H16BrNO3. The number of halogens is 1. The van der Waals surface area contributed by atoms with Gasteiger partial charge in [-0.2, -0.15) is 0 Å². The Labute approximate surface area is 132 Å². The van der Waals surface area contributed by atoms with Gasteiger partial charge in [0.05, 0.1) is 16.0 Å². The van der Waals surface area contributed by atoms with Crippen LogP contribution in [-0.4, -0.2) is 11.5 Å². The van der Waals surface area contributed by atoms with Crippen molar-refractivity contribution in [1.29, 1.82) is 0 Å². The minimum atomic E-state index is -0.400. The standard InChI is InChI=1S/C16H16BrNO3/c17-15-9-8-14(11-16(15)18(19)20)12-21-10-4-7-13-5-2-1-3-6-13/h1-3,5-6,8-9,11H,4,7,10,12H2. The SMILES string of the molecule is O=[N+]([O-])c1cc(COCCCc2ccccc2)ccc1Br. The summed E-state index contributed by atoms with van der Waals surface area (Å²) in [5, 5.41) is 10.8. The average molecular weight is 350 g/mol. The molecule has 0 radical (unpaired) electrons. The Morgan fingerprint density at radius 3 is 2.57 bits per heavy atom. The molecule has 2 rings (SSSR count). The molecule has 0 N–H and O–H groups in total. The number of nitro groups is 1. The summed E-state index contributed by atoms with van der Waals surface area (Å²) in [6.45, 7) is 1.03. The maximum Gasteiger partial charge on any atom is 0.283 e. The first-order chi connectivity index (χ1) is 10.2. The molecule has 0 heterocycles. The van der Waals surface area contributed by atoms with E-state index in [1.807, 2.05) is 24.3 Å². The first-order valence-electron chi connectivity index (χ1n) is 6.71. The van der Waals surface area contributed by atoms with Gasteiger partial charge in [0.15, 0.2) is 0 Å². The molecule has 5 heteroatoms. The number of nitrogens with zero attached hydrogens (tertiary/aromatic N) is 1. The van der Waals surface area contributed by atoms with Crippen LogP contribution in [0.5, 0.6) is 0 Å². The minimum Gasteiger partial charge on any atom is -0.377 e. The molecule has 0 atom stereocenters. The molecule has 0 saturated heterocycles. The Morgan fingerprint density at radius 2 is 1.86 bits per heavy atom. The molecular weight excluding hydrogens is 334 g/mol. The van der Waals surface area contributed by atoms with Crippen LogP contribution in [0.4, 0.5) is 5.69 Å². The molecule has 0 bridgehead atoms. The van der Waals surface area contributed by atoms with Crippen LogP contribution in [0.1, 0.15) is 17.5 Å². The molecule has 110 valence electrons. The second kappa shape index (κ2) is 7.90. The van der Waals surface area contributed by atoms with E-state index in [9.17, 15) is 10.1 Å². The van der Waals surface area contributed by atoms with E-state index in [0.717, 1.165) is 18.4 Å². The second-order valence-electron chi connectivity index (χ2n) is 4.68. The van der Waals surface area contributed by atoms with Crippen molar-refractivity contribution in [2.45, 2.75) is 19.4 Å². The molecule has 0 aliphatic heterocycles. The van der Waals surface area contributed by atoms with E-state index in [0.29, 0.717) is 17.7 Å². The monoisotopic (exact) mass is 349 g/mol.